The van der Waals surface area contributed by atoms with E-state index in [1.165, 1.54) is 19.2 Å². The van der Waals surface area contributed by atoms with Gasteiger partial charge in [0.15, 0.2) is 6.10 Å². The molecule has 0 saturated heterocycles. The summed E-state index contributed by atoms with van der Waals surface area (Å²) in [5, 5.41) is 2.66. The largest absolute Gasteiger partial charge is 0.449 e. The number of anilines is 1. The Balaban J connectivity index is 2.68. The second kappa shape index (κ2) is 6.72. The quantitative estimate of drug-likeness (QED) is 0.776. The van der Waals surface area contributed by atoms with Crippen molar-refractivity contribution in [3.63, 3.8) is 0 Å². The minimum absolute atomic E-state index is 0.273. The first kappa shape index (κ1) is 14.9. The lowest BCUT2D eigenvalue weighted by atomic mass is 10.2. The van der Waals surface area contributed by atoms with E-state index in [0.29, 0.717) is 17.9 Å². The monoisotopic (exact) mass is 265 g/mol. The molecule has 1 unspecified atom stereocenters. The molecule has 3 N–H and O–H groups in total. The molecule has 19 heavy (non-hydrogen) atoms. The molecular formula is C13H19N3O3. The number of rotatable bonds is 5. The number of hydrogen-bond donors (Lipinski definition) is 2. The molecule has 1 aromatic heterocycles. The summed E-state index contributed by atoms with van der Waals surface area (Å²) in [7, 11) is 0. The molecule has 104 valence electrons. The van der Waals surface area contributed by atoms with E-state index in [2.05, 4.69) is 10.3 Å². The summed E-state index contributed by atoms with van der Waals surface area (Å²) in [5.74, 6) is -0.916. The van der Waals surface area contributed by atoms with Crippen molar-refractivity contribution >= 4 is 17.6 Å². The normalized spacial score (nSPS) is 11.7. The van der Waals surface area contributed by atoms with Crippen molar-refractivity contribution in [1.82, 2.24) is 10.3 Å². The fourth-order valence-corrected chi connectivity index (χ4v) is 1.43. The zero-order valence-corrected chi connectivity index (χ0v) is 11.4. The third-order valence-electron chi connectivity index (χ3n) is 2.53. The Labute approximate surface area is 112 Å². The highest BCUT2D eigenvalue weighted by molar-refractivity contribution is 5.93. The van der Waals surface area contributed by atoms with Crippen LogP contribution in [-0.4, -0.2) is 29.5 Å². The van der Waals surface area contributed by atoms with Gasteiger partial charge in [-0.1, -0.05) is 6.92 Å². The van der Waals surface area contributed by atoms with Gasteiger partial charge in [-0.25, -0.2) is 4.79 Å². The maximum absolute atomic E-state index is 11.9. The van der Waals surface area contributed by atoms with Crippen LogP contribution in [0.25, 0.3) is 0 Å². The van der Waals surface area contributed by atoms with Crippen LogP contribution in [0, 0.1) is 6.92 Å². The van der Waals surface area contributed by atoms with Crippen molar-refractivity contribution in [2.45, 2.75) is 33.3 Å². The molecule has 0 aliphatic rings. The van der Waals surface area contributed by atoms with Crippen molar-refractivity contribution < 1.29 is 14.3 Å². The fourth-order valence-electron chi connectivity index (χ4n) is 1.43. The molecule has 6 nitrogen and oxygen atoms in total. The SMILES string of the molecule is CCCNC(=O)C(C)OC(=O)c1cc(N)cnc1C. The summed E-state index contributed by atoms with van der Waals surface area (Å²) in [6.45, 7) is 5.70. The number of ether oxygens (including phenoxy) is 1. The lowest BCUT2D eigenvalue weighted by Gasteiger charge is -2.14. The predicted octanol–water partition coefficient (Wildman–Crippen LogP) is 1.04. The number of nitrogens with two attached hydrogens (primary N) is 1. The molecule has 1 aromatic rings. The number of aryl methyl sites for hydroxylation is 1. The number of nitrogen functional groups attached to an aromatic ring is 1. The number of nitrogens with one attached hydrogen (secondary N) is 1. The van der Waals surface area contributed by atoms with E-state index in [9.17, 15) is 9.59 Å². The van der Waals surface area contributed by atoms with Crippen LogP contribution >= 0.6 is 0 Å². The number of esters is 1. The Morgan fingerprint density at radius 2 is 2.21 bits per heavy atom. The summed E-state index contributed by atoms with van der Waals surface area (Å²) in [6.07, 6.45) is 1.44. The van der Waals surface area contributed by atoms with E-state index < -0.39 is 12.1 Å². The molecule has 0 aromatic carbocycles. The van der Waals surface area contributed by atoms with Gasteiger partial charge in [0.1, 0.15) is 0 Å². The van der Waals surface area contributed by atoms with Gasteiger partial charge in [-0.05, 0) is 26.3 Å². The zero-order chi connectivity index (χ0) is 14.4. The molecule has 0 spiro atoms. The van der Waals surface area contributed by atoms with Crippen LogP contribution < -0.4 is 11.1 Å². The van der Waals surface area contributed by atoms with Gasteiger partial charge in [0.2, 0.25) is 0 Å². The van der Waals surface area contributed by atoms with Crippen molar-refractivity contribution in [2.75, 3.05) is 12.3 Å². The van der Waals surface area contributed by atoms with Gasteiger partial charge in [-0.3, -0.25) is 9.78 Å². The van der Waals surface area contributed by atoms with Gasteiger partial charge in [0.05, 0.1) is 23.1 Å². The number of hydrogen-bond acceptors (Lipinski definition) is 5. The molecule has 0 saturated carbocycles. The van der Waals surface area contributed by atoms with E-state index in [1.54, 1.807) is 6.92 Å². The summed E-state index contributed by atoms with van der Waals surface area (Å²) >= 11 is 0. The Morgan fingerprint density at radius 3 is 2.84 bits per heavy atom. The minimum Gasteiger partial charge on any atom is -0.449 e. The average Bonchev–Trinajstić information content (AvgIpc) is 2.38. The van der Waals surface area contributed by atoms with Gasteiger partial charge in [-0.2, -0.15) is 0 Å². The van der Waals surface area contributed by atoms with Crippen LogP contribution in [0.1, 0.15) is 36.3 Å². The number of carbonyl (C=O) groups is 2. The van der Waals surface area contributed by atoms with Crippen molar-refractivity contribution in [3.8, 4) is 0 Å². The van der Waals surface area contributed by atoms with Gasteiger partial charge in [0, 0.05) is 6.54 Å². The number of aromatic nitrogens is 1. The van der Waals surface area contributed by atoms with Crippen LogP contribution in [0.2, 0.25) is 0 Å². The van der Waals surface area contributed by atoms with Crippen LogP contribution in [0.5, 0.6) is 0 Å². The third kappa shape index (κ3) is 4.24. The molecule has 0 bridgehead atoms. The Morgan fingerprint density at radius 1 is 1.53 bits per heavy atom. The smallest absolute Gasteiger partial charge is 0.340 e. The molecule has 0 aliphatic carbocycles. The highest BCUT2D eigenvalue weighted by Crippen LogP contribution is 2.12. The molecule has 1 heterocycles. The van der Waals surface area contributed by atoms with Gasteiger partial charge in [-0.15, -0.1) is 0 Å². The minimum atomic E-state index is -0.847. The lowest BCUT2D eigenvalue weighted by Crippen LogP contribution is -2.36. The zero-order valence-electron chi connectivity index (χ0n) is 11.4. The second-order valence-electron chi connectivity index (χ2n) is 4.24. The van der Waals surface area contributed by atoms with Crippen molar-refractivity contribution in [1.29, 1.82) is 0 Å². The van der Waals surface area contributed by atoms with E-state index in [-0.39, 0.29) is 11.5 Å². The highest BCUT2D eigenvalue weighted by Gasteiger charge is 2.20. The summed E-state index contributed by atoms with van der Waals surface area (Å²) in [6, 6.07) is 1.49. The standard InChI is InChI=1S/C13H19N3O3/c1-4-5-15-12(17)9(3)19-13(18)11-6-10(14)7-16-8(11)2/h6-7,9H,4-5,14H2,1-3H3,(H,15,17). The second-order valence-corrected chi connectivity index (χ2v) is 4.24. The predicted molar refractivity (Wildman–Crippen MR) is 71.6 cm³/mol. The van der Waals surface area contributed by atoms with Gasteiger partial charge in [0.25, 0.3) is 5.91 Å². The van der Waals surface area contributed by atoms with E-state index in [4.69, 9.17) is 10.5 Å². The first-order valence-corrected chi connectivity index (χ1v) is 6.16. The Bertz CT molecular complexity index is 474. The highest BCUT2D eigenvalue weighted by atomic mass is 16.5. The lowest BCUT2D eigenvalue weighted by molar-refractivity contribution is -0.129. The molecule has 0 fully saturated rings. The molecule has 1 atom stereocenters. The van der Waals surface area contributed by atoms with E-state index >= 15 is 0 Å². The average molecular weight is 265 g/mol. The first-order valence-electron chi connectivity index (χ1n) is 6.16. The Hall–Kier alpha value is -2.11. The van der Waals surface area contributed by atoms with E-state index in [0.717, 1.165) is 6.42 Å². The Kier molecular flexibility index (Phi) is 5.29. The van der Waals surface area contributed by atoms with Gasteiger partial charge >= 0.3 is 5.97 Å². The molecule has 1 amide bonds. The maximum atomic E-state index is 11.9. The van der Waals surface area contributed by atoms with Gasteiger partial charge < -0.3 is 15.8 Å². The maximum Gasteiger partial charge on any atom is 0.340 e. The molecule has 0 aliphatic heterocycles. The fraction of sp³-hybridized carbons (Fsp3) is 0.462. The van der Waals surface area contributed by atoms with Crippen LogP contribution in [-0.2, 0) is 9.53 Å². The first-order chi connectivity index (χ1) is 8.95. The van der Waals surface area contributed by atoms with Crippen LogP contribution in [0.4, 0.5) is 5.69 Å². The summed E-state index contributed by atoms with van der Waals surface area (Å²) in [5.41, 5.74) is 6.74. The van der Waals surface area contributed by atoms with Crippen molar-refractivity contribution in [2.24, 2.45) is 0 Å². The van der Waals surface area contributed by atoms with Crippen LogP contribution in [0.15, 0.2) is 12.3 Å². The van der Waals surface area contributed by atoms with Crippen LogP contribution in [0.3, 0.4) is 0 Å². The number of carbonyl (C=O) groups excluding carboxylic acids is 2. The molecule has 1 rings (SSSR count). The third-order valence-corrected chi connectivity index (χ3v) is 2.53. The topological polar surface area (TPSA) is 94.3 Å². The summed E-state index contributed by atoms with van der Waals surface area (Å²) in [4.78, 5) is 27.5. The molecule has 6 heteroatoms. The number of pyridine rings is 1. The molecular weight excluding hydrogens is 246 g/mol. The molecule has 0 radical (unpaired) electrons. The summed E-state index contributed by atoms with van der Waals surface area (Å²) < 4.78 is 5.08. The van der Waals surface area contributed by atoms with E-state index in [1.807, 2.05) is 6.92 Å². The number of amides is 1. The number of nitrogens with zero attached hydrogens (tertiary/aromatic N) is 1. The van der Waals surface area contributed by atoms with Crippen molar-refractivity contribution in [3.05, 3.63) is 23.5 Å².